The maximum absolute atomic E-state index is 14.9. The first-order valence-corrected chi connectivity index (χ1v) is 42.6. The Kier molecular flexibility index (Phi) is 25.8. The quantitative estimate of drug-likeness (QED) is 0.0813. The highest BCUT2D eigenvalue weighted by molar-refractivity contribution is 6.31. The fourth-order valence-corrected chi connectivity index (χ4v) is 18.8. The van der Waals surface area contributed by atoms with Gasteiger partial charge in [0.25, 0.3) is 23.6 Å². The minimum absolute atomic E-state index is 0.00428. The highest BCUT2D eigenvalue weighted by Crippen LogP contribution is 2.45. The number of hydrogen-bond acceptors (Lipinski definition) is 20. The predicted molar refractivity (Wildman–Crippen MR) is 453 cm³/mol. The Morgan fingerprint density at radius 1 is 0.304 bits per heavy atom. The van der Waals surface area contributed by atoms with E-state index < -0.39 is 29.1 Å². The number of ether oxygens (including phenoxy) is 4. The maximum Gasteiger partial charge on any atom is 0.257 e. The molecule has 8 saturated heterocycles. The third kappa shape index (κ3) is 19.3. The summed E-state index contributed by atoms with van der Waals surface area (Å²) in [6, 6.07) is 35.4. The van der Waals surface area contributed by atoms with Crippen molar-refractivity contribution in [3.63, 3.8) is 0 Å². The number of carbonyl (C=O) groups is 4. The van der Waals surface area contributed by atoms with Crippen LogP contribution in [0.5, 0.6) is 23.5 Å². The molecule has 16 heterocycles. The molecule has 4 aromatic carbocycles. The van der Waals surface area contributed by atoms with Crippen molar-refractivity contribution in [3.05, 3.63) is 285 Å². The Balaban J connectivity index is 0.000000118. The summed E-state index contributed by atoms with van der Waals surface area (Å²) in [6.07, 6.45) is 27.6. The molecular formula is C92H79Cl4F5N16O8. The van der Waals surface area contributed by atoms with Gasteiger partial charge in [-0.3, -0.25) is 19.2 Å². The molecule has 8 aromatic heterocycles. The lowest BCUT2D eigenvalue weighted by Gasteiger charge is -2.49. The number of fused-ring (bicyclic) bond motifs is 12. The largest absolute Gasteiger partial charge is 0.472 e. The lowest BCUT2D eigenvalue weighted by Crippen LogP contribution is -2.59. The van der Waals surface area contributed by atoms with E-state index in [0.29, 0.717) is 127 Å². The third-order valence-corrected chi connectivity index (χ3v) is 24.9. The van der Waals surface area contributed by atoms with Gasteiger partial charge in [-0.2, -0.15) is 0 Å². The topological polar surface area (TPSA) is 273 Å². The molecule has 12 unspecified atom stereocenters. The summed E-state index contributed by atoms with van der Waals surface area (Å²) in [5.41, 5.74) is 2.08. The van der Waals surface area contributed by atoms with Crippen LogP contribution in [0.4, 0.5) is 22.0 Å². The lowest BCUT2D eigenvalue weighted by molar-refractivity contribution is -0.0315. The lowest BCUT2D eigenvalue weighted by atomic mass is 9.77. The van der Waals surface area contributed by atoms with Crippen LogP contribution in [0.3, 0.4) is 0 Å². The van der Waals surface area contributed by atoms with E-state index in [4.69, 9.17) is 65.4 Å². The Morgan fingerprint density at radius 3 is 1.07 bits per heavy atom. The SMILES string of the molecule is O=C(c1c(F)cccc1-c1ncccn1)N1CC2CCC1C(Oc1ccc(Cl)cn1)C2.O=C(c1cc(F)ccc1-c1ncccn1)N1CC2CCC1C(Oc1ccc(Cl)cn1)C2.O=C(c1ccc(F)cc1-c1ncccn1)N1CC2CCC1C(Oc1ccc(Cl)cn1)C2.O=C(c1cccc(F)c1-c1ncc(F)cn1)N1CC2CCC1C(Oc1ccc(Cl)cn1)C2. The van der Waals surface area contributed by atoms with Crippen LogP contribution in [-0.2, 0) is 0 Å². The summed E-state index contributed by atoms with van der Waals surface area (Å²) in [6.45, 7) is 2.44. The molecule has 12 fully saturated rings. The first-order chi connectivity index (χ1) is 60.7. The van der Waals surface area contributed by atoms with Gasteiger partial charge in [0.1, 0.15) is 47.7 Å². The molecule has 0 N–H and O–H groups in total. The number of piperidine rings is 8. The van der Waals surface area contributed by atoms with Crippen LogP contribution in [0.25, 0.3) is 45.6 Å². The second-order valence-corrected chi connectivity index (χ2v) is 33.6. The Labute approximate surface area is 735 Å². The minimum atomic E-state index is -0.637. The van der Waals surface area contributed by atoms with E-state index in [1.165, 1.54) is 60.9 Å². The normalized spacial score (nSPS) is 22.3. The molecule has 0 radical (unpaired) electrons. The number of nitrogens with zero attached hydrogens (tertiary/aromatic N) is 16. The molecule has 12 atom stereocenters. The monoisotopic (exact) mass is 1770 g/mol. The number of amides is 4. The molecule has 4 saturated carbocycles. The molecule has 24 rings (SSSR count). The van der Waals surface area contributed by atoms with E-state index in [9.17, 15) is 41.1 Å². The van der Waals surface area contributed by atoms with Crippen LogP contribution < -0.4 is 18.9 Å². The molecule has 638 valence electrons. The standard InChI is InChI=1S/C23H19ClF2N4O2.3C23H20ClFN4O2/c24-14-5-7-20(27-9-14)32-19-8-13-4-6-18(19)30(12-13)23(31)16-2-1-3-17(26)21(16)22-28-10-15(25)11-29-22;24-15-3-7-21(28-12-15)31-20-10-14-2-6-19(20)29(13-14)23(30)17-5-4-16(25)11-18(17)22-26-8-1-9-27-22;24-15-3-7-21(28-12-15)31-20-10-14-2-6-19(20)29(13-14)23(30)18-11-16(25)4-5-17(18)22-26-8-1-9-27-22;24-15-6-8-20(28-12-15)31-19-11-14-5-7-18(19)29(13-14)23(30)21-16(3-1-4-17(21)25)22-26-9-2-10-27-22/h1-3,5,7,9-11,13,18-19H,4,6,8,12H2;2*1,3-5,7-9,11-12,14,19-20H,2,6,10,13H2;1-4,6,8-10,12,14,18-19H,5,7,11,13H2. The van der Waals surface area contributed by atoms with Gasteiger partial charge in [0.05, 0.1) is 84.5 Å². The predicted octanol–water partition coefficient (Wildman–Crippen LogP) is 17.8. The molecule has 8 aliphatic heterocycles. The molecule has 12 aliphatic rings. The van der Waals surface area contributed by atoms with Crippen LogP contribution in [0, 0.1) is 52.8 Å². The van der Waals surface area contributed by atoms with Gasteiger partial charge in [-0.05, 0) is 198 Å². The van der Waals surface area contributed by atoms with Crippen molar-refractivity contribution in [3.8, 4) is 69.1 Å². The fourth-order valence-electron chi connectivity index (χ4n) is 18.3. The van der Waals surface area contributed by atoms with E-state index in [1.807, 2.05) is 9.80 Å². The van der Waals surface area contributed by atoms with E-state index in [2.05, 4.69) is 59.8 Å². The molecule has 4 amide bonds. The summed E-state index contributed by atoms with van der Waals surface area (Å²) in [4.78, 5) is 112. The van der Waals surface area contributed by atoms with Crippen LogP contribution in [0.1, 0.15) is 118 Å². The average Bonchev–Trinajstić information content (AvgIpc) is 0.773. The van der Waals surface area contributed by atoms with E-state index in [1.54, 1.807) is 150 Å². The number of rotatable bonds is 16. The summed E-state index contributed by atoms with van der Waals surface area (Å²) in [5, 5.41) is 2.13. The number of benzene rings is 4. The van der Waals surface area contributed by atoms with E-state index >= 15 is 0 Å². The van der Waals surface area contributed by atoms with Gasteiger partial charge in [-0.15, -0.1) is 0 Å². The van der Waals surface area contributed by atoms with Gasteiger partial charge < -0.3 is 38.5 Å². The van der Waals surface area contributed by atoms with Crippen molar-refractivity contribution in [1.82, 2.24) is 79.4 Å². The number of halogens is 9. The number of hydrogen-bond donors (Lipinski definition) is 0. The Hall–Kier alpha value is -12.3. The summed E-state index contributed by atoms with van der Waals surface area (Å²) < 4.78 is 95.6. The van der Waals surface area contributed by atoms with Gasteiger partial charge in [0.2, 0.25) is 23.5 Å². The van der Waals surface area contributed by atoms with Crippen LogP contribution in [0.2, 0.25) is 20.1 Å². The van der Waals surface area contributed by atoms with Crippen molar-refractivity contribution >= 4 is 70.0 Å². The first kappa shape index (κ1) is 84.9. The summed E-state index contributed by atoms with van der Waals surface area (Å²) in [7, 11) is 0. The molecule has 4 aliphatic carbocycles. The van der Waals surface area contributed by atoms with Gasteiger partial charge >= 0.3 is 0 Å². The highest BCUT2D eigenvalue weighted by atomic mass is 35.5. The molecule has 8 bridgehead atoms. The van der Waals surface area contributed by atoms with Crippen LogP contribution in [0.15, 0.2) is 214 Å². The van der Waals surface area contributed by atoms with Crippen molar-refractivity contribution in [1.29, 1.82) is 0 Å². The second kappa shape index (κ2) is 38.0. The Bertz CT molecular complexity index is 5820. The van der Waals surface area contributed by atoms with Crippen molar-refractivity contribution in [2.24, 2.45) is 23.7 Å². The van der Waals surface area contributed by atoms with Gasteiger partial charge in [-0.25, -0.2) is 81.8 Å². The van der Waals surface area contributed by atoms with Gasteiger partial charge in [0, 0.05) is 129 Å². The van der Waals surface area contributed by atoms with E-state index in [-0.39, 0.29) is 106 Å². The first-order valence-electron chi connectivity index (χ1n) is 41.1. The van der Waals surface area contributed by atoms with Crippen LogP contribution >= 0.6 is 46.4 Å². The van der Waals surface area contributed by atoms with Crippen LogP contribution in [-0.4, -0.2) is 178 Å². The zero-order chi connectivity index (χ0) is 86.4. The van der Waals surface area contributed by atoms with Gasteiger partial charge in [-0.1, -0.05) is 64.6 Å². The van der Waals surface area contributed by atoms with Gasteiger partial charge in [0.15, 0.2) is 29.1 Å². The molecular weight excluding hydrogens is 1690 g/mol. The molecule has 33 heteroatoms. The highest BCUT2D eigenvalue weighted by Gasteiger charge is 2.50. The van der Waals surface area contributed by atoms with Crippen molar-refractivity contribution < 1.29 is 60.1 Å². The fraction of sp³-hybridized carbons (Fsp3) is 0.304. The smallest absolute Gasteiger partial charge is 0.257 e. The number of carbonyl (C=O) groups excluding carboxylic acids is 4. The summed E-state index contributed by atoms with van der Waals surface area (Å²) in [5.74, 6) is 0.355. The molecule has 125 heavy (non-hydrogen) atoms. The molecule has 0 spiro atoms. The second-order valence-electron chi connectivity index (χ2n) is 31.8. The zero-order valence-electron chi connectivity index (χ0n) is 66.8. The number of aromatic nitrogens is 12. The number of pyridine rings is 4. The molecule has 24 nitrogen and oxygen atoms in total. The van der Waals surface area contributed by atoms with Crippen molar-refractivity contribution in [2.75, 3.05) is 26.2 Å². The summed E-state index contributed by atoms with van der Waals surface area (Å²) >= 11 is 23.7. The van der Waals surface area contributed by atoms with Crippen molar-refractivity contribution in [2.45, 2.75) is 126 Å². The maximum atomic E-state index is 14.9. The third-order valence-electron chi connectivity index (χ3n) is 24.0. The molecule has 12 aromatic rings. The average molecular weight is 1770 g/mol. The Morgan fingerprint density at radius 2 is 0.664 bits per heavy atom. The van der Waals surface area contributed by atoms with E-state index in [0.717, 1.165) is 89.4 Å². The minimum Gasteiger partial charge on any atom is -0.472 e. The zero-order valence-corrected chi connectivity index (χ0v) is 69.8.